The Morgan fingerprint density at radius 2 is 1.30 bits per heavy atom. The predicted octanol–water partition coefficient (Wildman–Crippen LogP) is 4.44. The summed E-state index contributed by atoms with van der Waals surface area (Å²) < 4.78 is 0. The van der Waals surface area contributed by atoms with E-state index < -0.39 is 0 Å². The molecule has 0 fully saturated rings. The number of aryl methyl sites for hydroxylation is 2. The van der Waals surface area contributed by atoms with E-state index >= 15 is 0 Å². The van der Waals surface area contributed by atoms with Gasteiger partial charge >= 0.3 is 0 Å². The van der Waals surface area contributed by atoms with Crippen LogP contribution in [0.1, 0.15) is 22.3 Å². The zero-order valence-corrected chi connectivity index (χ0v) is 12.8. The molecule has 0 heterocycles. The first kappa shape index (κ1) is 14.5. The largest absolute Gasteiger partial charge is 0.293 e. The van der Waals surface area contributed by atoms with E-state index in [0.29, 0.717) is 5.04 Å². The van der Waals surface area contributed by atoms with E-state index in [1.807, 2.05) is 43.3 Å². The Labute approximate surface area is 124 Å². The van der Waals surface area contributed by atoms with Gasteiger partial charge in [0.15, 0.2) is 0 Å². The Morgan fingerprint density at radius 1 is 0.850 bits per heavy atom. The Morgan fingerprint density at radius 3 is 1.75 bits per heavy atom. The summed E-state index contributed by atoms with van der Waals surface area (Å²) in [6, 6.07) is 16.2. The lowest BCUT2D eigenvalue weighted by Crippen LogP contribution is -2.02. The van der Waals surface area contributed by atoms with Gasteiger partial charge in [-0.3, -0.25) is 10.4 Å². The van der Waals surface area contributed by atoms with E-state index in [9.17, 15) is 0 Å². The van der Waals surface area contributed by atoms with Crippen LogP contribution in [0.3, 0.4) is 0 Å². The summed E-state index contributed by atoms with van der Waals surface area (Å²) >= 11 is 1.40. The van der Waals surface area contributed by atoms with Crippen molar-refractivity contribution < 1.29 is 0 Å². The van der Waals surface area contributed by atoms with E-state index in [0.717, 1.165) is 16.2 Å². The first-order chi connectivity index (χ1) is 9.60. The van der Waals surface area contributed by atoms with Crippen LogP contribution in [0.15, 0.2) is 53.5 Å². The van der Waals surface area contributed by atoms with Gasteiger partial charge in [-0.05, 0) is 13.8 Å². The molecule has 2 rings (SSSR count). The number of nitrogens with one attached hydrogen (secondary N) is 1. The third-order valence-electron chi connectivity index (χ3n) is 3.01. The molecule has 0 spiro atoms. The predicted molar refractivity (Wildman–Crippen MR) is 89.2 cm³/mol. The summed E-state index contributed by atoms with van der Waals surface area (Å²) in [7, 11) is 1.77. The molecule has 0 atom stereocenters. The van der Waals surface area contributed by atoms with Gasteiger partial charge in [0.05, 0.1) is 0 Å². The Kier molecular flexibility index (Phi) is 4.74. The van der Waals surface area contributed by atoms with Gasteiger partial charge in [0.2, 0.25) is 0 Å². The van der Waals surface area contributed by atoms with Gasteiger partial charge in [-0.25, -0.2) is 0 Å². The molecule has 0 aliphatic heterocycles. The average Bonchev–Trinajstić information content (AvgIpc) is 2.46. The molecule has 0 amide bonds. The van der Waals surface area contributed by atoms with Crippen molar-refractivity contribution >= 4 is 21.8 Å². The van der Waals surface area contributed by atoms with Crippen LogP contribution in [0.5, 0.6) is 0 Å². The number of thioether (sulfide) groups is 1. The Balaban J connectivity index is 2.16. The van der Waals surface area contributed by atoms with Crippen molar-refractivity contribution in [3.8, 4) is 0 Å². The first-order valence-electron chi connectivity index (χ1n) is 6.47. The summed E-state index contributed by atoms with van der Waals surface area (Å²) in [5.41, 5.74) is 4.41. The highest BCUT2D eigenvalue weighted by atomic mass is 32.2. The minimum atomic E-state index is 0.520. The summed E-state index contributed by atoms with van der Waals surface area (Å²) in [5.74, 6) is 0. The van der Waals surface area contributed by atoms with Crippen molar-refractivity contribution in [3.05, 3.63) is 70.8 Å². The molecule has 0 aliphatic rings. The van der Waals surface area contributed by atoms with Gasteiger partial charge in [0.1, 0.15) is 10.1 Å². The summed E-state index contributed by atoms with van der Waals surface area (Å²) in [6.07, 6.45) is 0. The van der Waals surface area contributed by atoms with Crippen LogP contribution in [-0.2, 0) is 0 Å². The number of hydrogen-bond donors (Lipinski definition) is 1. The monoisotopic (exact) mass is 282 g/mol. The maximum absolute atomic E-state index is 8.21. The number of rotatable bonds is 2. The van der Waals surface area contributed by atoms with Crippen molar-refractivity contribution in [1.82, 2.24) is 0 Å². The molecular weight excluding hydrogens is 264 g/mol. The van der Waals surface area contributed by atoms with Crippen molar-refractivity contribution in [3.63, 3.8) is 0 Å². The van der Waals surface area contributed by atoms with E-state index in [-0.39, 0.29) is 0 Å². The highest BCUT2D eigenvalue weighted by Crippen LogP contribution is 2.20. The lowest BCUT2D eigenvalue weighted by atomic mass is 10.2. The molecule has 3 heteroatoms. The first-order valence-corrected chi connectivity index (χ1v) is 7.29. The highest BCUT2D eigenvalue weighted by Gasteiger charge is 2.09. The third kappa shape index (κ3) is 3.58. The molecule has 0 aliphatic carbocycles. The topological polar surface area (TPSA) is 36.2 Å². The minimum Gasteiger partial charge on any atom is -0.293 e. The maximum atomic E-state index is 8.21. The normalized spacial score (nSPS) is 11.4. The average molecular weight is 282 g/mol. The second-order valence-corrected chi connectivity index (χ2v) is 5.69. The molecule has 0 radical (unpaired) electrons. The minimum absolute atomic E-state index is 0.520. The molecule has 0 bridgehead atoms. The molecule has 2 nitrogen and oxygen atoms in total. The SMILES string of the molecule is CN=C(SC(=N)c1ccc(C)cc1)c1ccc(C)cc1. The standard InChI is InChI=1S/C17H18N2S/c1-12-4-8-14(9-5-12)16(18)20-17(19-3)15-10-6-13(2)7-11-15/h4-11,18H,1-3H3. The fourth-order valence-corrected chi connectivity index (χ4v) is 2.58. The molecule has 0 aromatic heterocycles. The molecule has 2 aromatic carbocycles. The molecule has 2 aromatic rings. The number of hydrogen-bond acceptors (Lipinski definition) is 3. The fourth-order valence-electron chi connectivity index (χ4n) is 1.79. The molecule has 20 heavy (non-hydrogen) atoms. The number of benzene rings is 2. The van der Waals surface area contributed by atoms with Crippen LogP contribution in [-0.4, -0.2) is 17.1 Å². The Bertz CT molecular complexity index is 625. The zero-order chi connectivity index (χ0) is 14.5. The lowest BCUT2D eigenvalue weighted by Gasteiger charge is -2.08. The van der Waals surface area contributed by atoms with Crippen LogP contribution in [0, 0.1) is 19.3 Å². The Hall–Kier alpha value is -1.87. The van der Waals surface area contributed by atoms with Crippen LogP contribution in [0.2, 0.25) is 0 Å². The number of aliphatic imine (C=N–C) groups is 1. The van der Waals surface area contributed by atoms with Crippen LogP contribution >= 0.6 is 11.8 Å². The number of nitrogens with zero attached hydrogens (tertiary/aromatic N) is 1. The molecule has 0 saturated carbocycles. The molecule has 1 N–H and O–H groups in total. The maximum Gasteiger partial charge on any atom is 0.104 e. The molecule has 0 saturated heterocycles. The third-order valence-corrected chi connectivity index (χ3v) is 4.07. The van der Waals surface area contributed by atoms with E-state index in [2.05, 4.69) is 24.0 Å². The second-order valence-electron chi connectivity index (χ2n) is 4.69. The molecule has 102 valence electrons. The summed E-state index contributed by atoms with van der Waals surface area (Å²) in [5, 5.41) is 9.60. The lowest BCUT2D eigenvalue weighted by molar-refractivity contribution is 1.43. The van der Waals surface area contributed by atoms with Gasteiger partial charge < -0.3 is 0 Å². The smallest absolute Gasteiger partial charge is 0.104 e. The van der Waals surface area contributed by atoms with Gasteiger partial charge in [0, 0.05) is 18.2 Å². The highest BCUT2D eigenvalue weighted by molar-refractivity contribution is 8.27. The van der Waals surface area contributed by atoms with Crippen molar-refractivity contribution in [2.45, 2.75) is 13.8 Å². The summed E-state index contributed by atoms with van der Waals surface area (Å²) in [6.45, 7) is 4.11. The molecule has 0 unspecified atom stereocenters. The van der Waals surface area contributed by atoms with Crippen molar-refractivity contribution in [2.24, 2.45) is 4.99 Å². The van der Waals surface area contributed by atoms with Crippen molar-refractivity contribution in [1.29, 1.82) is 5.41 Å². The van der Waals surface area contributed by atoms with E-state index in [1.54, 1.807) is 7.05 Å². The fraction of sp³-hybridized carbons (Fsp3) is 0.176. The van der Waals surface area contributed by atoms with E-state index in [1.165, 1.54) is 22.9 Å². The van der Waals surface area contributed by atoms with Crippen LogP contribution < -0.4 is 0 Å². The second kappa shape index (κ2) is 6.53. The van der Waals surface area contributed by atoms with Gasteiger partial charge in [-0.1, -0.05) is 71.4 Å². The van der Waals surface area contributed by atoms with Crippen LogP contribution in [0.4, 0.5) is 0 Å². The van der Waals surface area contributed by atoms with Gasteiger partial charge in [-0.2, -0.15) is 0 Å². The quantitative estimate of drug-likeness (QED) is 0.641. The van der Waals surface area contributed by atoms with Gasteiger partial charge in [0.25, 0.3) is 0 Å². The van der Waals surface area contributed by atoms with Gasteiger partial charge in [-0.15, -0.1) is 0 Å². The van der Waals surface area contributed by atoms with Crippen LogP contribution in [0.25, 0.3) is 0 Å². The summed E-state index contributed by atoms with van der Waals surface area (Å²) in [4.78, 5) is 4.31. The molecular formula is C17H18N2S. The van der Waals surface area contributed by atoms with Crippen molar-refractivity contribution in [2.75, 3.05) is 7.05 Å². The zero-order valence-electron chi connectivity index (χ0n) is 12.0. The van der Waals surface area contributed by atoms with E-state index in [4.69, 9.17) is 5.41 Å².